The van der Waals surface area contributed by atoms with Crippen LogP contribution in [0.2, 0.25) is 0 Å². The van der Waals surface area contributed by atoms with Crippen LogP contribution in [0.4, 0.5) is 0 Å². The van der Waals surface area contributed by atoms with Crippen molar-refractivity contribution in [3.05, 3.63) is 47.0 Å². The smallest absolute Gasteiger partial charge is 0.251 e. The largest absolute Gasteiger partial charge is 0.390 e. The highest BCUT2D eigenvalue weighted by atomic mass is 16.3. The molecule has 1 aliphatic rings. The number of allylic oxidation sites excluding steroid dienone is 1. The summed E-state index contributed by atoms with van der Waals surface area (Å²) in [6, 6.07) is 7.81. The zero-order chi connectivity index (χ0) is 16.9. The number of rotatable bonds is 6. The van der Waals surface area contributed by atoms with Gasteiger partial charge in [0.2, 0.25) is 0 Å². The first-order valence-electron chi connectivity index (χ1n) is 8.66. The molecular weight excluding hydrogens is 286 g/mol. The van der Waals surface area contributed by atoms with Gasteiger partial charge in [0.25, 0.3) is 5.91 Å². The maximum atomic E-state index is 12.3. The Morgan fingerprint density at radius 1 is 1.26 bits per heavy atom. The summed E-state index contributed by atoms with van der Waals surface area (Å²) in [5, 5.41) is 12.9. The number of nitrogens with one attached hydrogen (secondary N) is 1. The highest BCUT2D eigenvalue weighted by Gasteiger charge is 2.16. The van der Waals surface area contributed by atoms with Crippen molar-refractivity contribution in [2.45, 2.75) is 70.9 Å². The highest BCUT2D eigenvalue weighted by Crippen LogP contribution is 2.20. The molecule has 0 heterocycles. The van der Waals surface area contributed by atoms with Crippen LogP contribution in [0.3, 0.4) is 0 Å². The molecule has 0 saturated carbocycles. The first-order valence-corrected chi connectivity index (χ1v) is 8.66. The monoisotopic (exact) mass is 315 g/mol. The van der Waals surface area contributed by atoms with Crippen LogP contribution < -0.4 is 5.32 Å². The van der Waals surface area contributed by atoms with Gasteiger partial charge in [-0.1, -0.05) is 23.8 Å². The van der Waals surface area contributed by atoms with Gasteiger partial charge in [-0.05, 0) is 77.0 Å². The number of carbonyl (C=O) groups excluding carboxylic acids is 1. The molecule has 23 heavy (non-hydrogen) atoms. The molecule has 0 unspecified atom stereocenters. The van der Waals surface area contributed by atoms with E-state index in [1.54, 1.807) is 0 Å². The Bertz CT molecular complexity index is 552. The molecule has 0 spiro atoms. The van der Waals surface area contributed by atoms with Crippen molar-refractivity contribution in [3.63, 3.8) is 0 Å². The minimum atomic E-state index is -0.654. The lowest BCUT2D eigenvalue weighted by atomic mass is 9.94. The van der Waals surface area contributed by atoms with Crippen LogP contribution in [-0.4, -0.2) is 22.7 Å². The number of amides is 1. The summed E-state index contributed by atoms with van der Waals surface area (Å²) in [4.78, 5) is 12.3. The lowest BCUT2D eigenvalue weighted by Gasteiger charge is -2.21. The third-order valence-corrected chi connectivity index (χ3v) is 4.47. The van der Waals surface area contributed by atoms with Gasteiger partial charge in [0.05, 0.1) is 5.60 Å². The first kappa shape index (κ1) is 17.7. The quantitative estimate of drug-likeness (QED) is 0.779. The topological polar surface area (TPSA) is 49.3 Å². The third kappa shape index (κ3) is 5.83. The van der Waals surface area contributed by atoms with Gasteiger partial charge in [0, 0.05) is 11.6 Å². The molecule has 2 rings (SSSR count). The Morgan fingerprint density at radius 2 is 1.96 bits per heavy atom. The molecule has 0 fully saturated rings. The summed E-state index contributed by atoms with van der Waals surface area (Å²) in [5.74, 6) is -0.0157. The summed E-state index contributed by atoms with van der Waals surface area (Å²) in [7, 11) is 0. The summed E-state index contributed by atoms with van der Waals surface area (Å²) < 4.78 is 0. The number of aliphatic hydroxyl groups is 1. The second-order valence-electron chi connectivity index (χ2n) is 7.23. The van der Waals surface area contributed by atoms with Crippen molar-refractivity contribution in [2.24, 2.45) is 0 Å². The van der Waals surface area contributed by atoms with Crippen LogP contribution in [0.1, 0.15) is 68.8 Å². The number of hydrogen-bond acceptors (Lipinski definition) is 2. The van der Waals surface area contributed by atoms with E-state index in [2.05, 4.69) is 18.3 Å². The Kier molecular flexibility index (Phi) is 6.00. The maximum absolute atomic E-state index is 12.3. The van der Waals surface area contributed by atoms with Crippen LogP contribution in [0.5, 0.6) is 0 Å². The molecule has 1 aliphatic carbocycles. The van der Waals surface area contributed by atoms with Crippen LogP contribution in [0.25, 0.3) is 0 Å². The molecule has 1 atom stereocenters. The maximum Gasteiger partial charge on any atom is 0.251 e. The Labute approximate surface area is 139 Å². The Balaban J connectivity index is 1.90. The average molecular weight is 315 g/mol. The van der Waals surface area contributed by atoms with Gasteiger partial charge in [-0.3, -0.25) is 4.79 Å². The molecule has 0 radical (unpaired) electrons. The molecule has 2 N–H and O–H groups in total. The van der Waals surface area contributed by atoms with E-state index in [1.165, 1.54) is 18.4 Å². The fourth-order valence-electron chi connectivity index (χ4n) is 2.90. The predicted molar refractivity (Wildman–Crippen MR) is 94.5 cm³/mol. The van der Waals surface area contributed by atoms with Crippen molar-refractivity contribution in [2.75, 3.05) is 0 Å². The normalized spacial score (nSPS) is 16.6. The van der Waals surface area contributed by atoms with Crippen molar-refractivity contribution in [3.8, 4) is 0 Å². The fraction of sp³-hybridized carbons (Fsp3) is 0.550. The van der Waals surface area contributed by atoms with Crippen LogP contribution in [0, 0.1) is 0 Å². The van der Waals surface area contributed by atoms with Crippen molar-refractivity contribution < 1.29 is 9.90 Å². The van der Waals surface area contributed by atoms with Gasteiger partial charge in [0.15, 0.2) is 0 Å². The first-order chi connectivity index (χ1) is 10.8. The third-order valence-electron chi connectivity index (χ3n) is 4.47. The fourth-order valence-corrected chi connectivity index (χ4v) is 2.90. The summed E-state index contributed by atoms with van der Waals surface area (Å²) >= 11 is 0. The highest BCUT2D eigenvalue weighted by molar-refractivity contribution is 5.94. The molecule has 0 bridgehead atoms. The lowest BCUT2D eigenvalue weighted by Crippen LogP contribution is -2.34. The van der Waals surface area contributed by atoms with E-state index in [0.717, 1.165) is 24.8 Å². The number of hydrogen-bond donors (Lipinski definition) is 2. The van der Waals surface area contributed by atoms with Crippen LogP contribution in [-0.2, 0) is 6.42 Å². The second kappa shape index (κ2) is 7.78. The molecule has 126 valence electrons. The molecule has 3 nitrogen and oxygen atoms in total. The minimum Gasteiger partial charge on any atom is -0.390 e. The van der Waals surface area contributed by atoms with E-state index in [0.29, 0.717) is 12.0 Å². The molecule has 0 aromatic heterocycles. The average Bonchev–Trinajstić information content (AvgIpc) is 2.53. The molecule has 1 aromatic rings. The van der Waals surface area contributed by atoms with E-state index in [9.17, 15) is 9.90 Å². The van der Waals surface area contributed by atoms with Gasteiger partial charge in [-0.25, -0.2) is 0 Å². The minimum absolute atomic E-state index is 0.0157. The lowest BCUT2D eigenvalue weighted by molar-refractivity contribution is 0.0713. The van der Waals surface area contributed by atoms with E-state index in [-0.39, 0.29) is 11.9 Å². The van der Waals surface area contributed by atoms with E-state index in [4.69, 9.17) is 0 Å². The molecule has 0 saturated heterocycles. The molecule has 1 amide bonds. The number of carbonyl (C=O) groups is 1. The Hall–Kier alpha value is -1.61. The van der Waals surface area contributed by atoms with Crippen molar-refractivity contribution in [1.82, 2.24) is 5.32 Å². The van der Waals surface area contributed by atoms with E-state index >= 15 is 0 Å². The Morgan fingerprint density at radius 3 is 2.52 bits per heavy atom. The molecule has 3 heteroatoms. The van der Waals surface area contributed by atoms with Gasteiger partial charge < -0.3 is 10.4 Å². The zero-order valence-corrected chi connectivity index (χ0v) is 14.6. The van der Waals surface area contributed by atoms with Gasteiger partial charge in [-0.2, -0.15) is 0 Å². The second-order valence-corrected chi connectivity index (χ2v) is 7.23. The summed E-state index contributed by atoms with van der Waals surface area (Å²) in [5.41, 5.74) is 2.54. The van der Waals surface area contributed by atoms with Crippen LogP contribution >= 0.6 is 0 Å². The number of benzene rings is 1. The zero-order valence-electron chi connectivity index (χ0n) is 14.6. The summed E-state index contributed by atoms with van der Waals surface area (Å²) in [6.45, 7) is 5.69. The molecular formula is C20H29NO2. The van der Waals surface area contributed by atoms with Crippen molar-refractivity contribution >= 4 is 5.91 Å². The van der Waals surface area contributed by atoms with Gasteiger partial charge in [-0.15, -0.1) is 0 Å². The number of aryl methyl sites for hydroxylation is 1. The molecule has 0 aliphatic heterocycles. The standard InChI is InChI=1S/C20H29NO2/c1-15(17-7-5-4-6-8-17)21-19(22)18-11-9-16(10-12-18)13-14-20(2,3)23/h7,9-12,15,23H,4-6,8,13-14H2,1-3H3,(H,21,22)/t15-/m0/s1. The van der Waals surface area contributed by atoms with Crippen molar-refractivity contribution in [1.29, 1.82) is 0 Å². The van der Waals surface area contributed by atoms with Gasteiger partial charge >= 0.3 is 0 Å². The predicted octanol–water partition coefficient (Wildman–Crippen LogP) is 4.01. The molecule has 1 aromatic carbocycles. The van der Waals surface area contributed by atoms with Gasteiger partial charge in [0.1, 0.15) is 0 Å². The SMILES string of the molecule is C[C@H](NC(=O)c1ccc(CCC(C)(C)O)cc1)C1=CCCCC1. The van der Waals surface area contributed by atoms with Crippen LogP contribution in [0.15, 0.2) is 35.9 Å². The van der Waals surface area contributed by atoms with E-state index in [1.807, 2.05) is 38.1 Å². The van der Waals surface area contributed by atoms with E-state index < -0.39 is 5.60 Å². The summed E-state index contributed by atoms with van der Waals surface area (Å²) in [6.07, 6.45) is 8.51.